The van der Waals surface area contributed by atoms with Gasteiger partial charge in [0.2, 0.25) is 0 Å². The molecule has 2 aromatic carbocycles. The van der Waals surface area contributed by atoms with E-state index >= 15 is 0 Å². The number of nitrogens with one attached hydrogen (secondary N) is 1. The van der Waals surface area contributed by atoms with Crippen LogP contribution in [0.15, 0.2) is 54.6 Å². The van der Waals surface area contributed by atoms with E-state index in [1.807, 2.05) is 48.5 Å². The number of nitrogens with zero attached hydrogens (tertiary/aromatic N) is 1. The van der Waals surface area contributed by atoms with Crippen LogP contribution in [0.3, 0.4) is 0 Å². The van der Waals surface area contributed by atoms with Crippen molar-refractivity contribution >= 4 is 6.03 Å². The zero-order valence-electron chi connectivity index (χ0n) is 14.4. The molecule has 2 aromatic rings. The molecule has 0 aliphatic rings. The molecule has 2 rings (SSSR count). The van der Waals surface area contributed by atoms with Gasteiger partial charge in [-0.3, -0.25) is 0 Å². The van der Waals surface area contributed by atoms with Gasteiger partial charge in [0.05, 0.1) is 6.04 Å². The number of carbonyl (C=O) groups is 1. The molecule has 0 heterocycles. The third-order valence-corrected chi connectivity index (χ3v) is 4.17. The molecule has 0 saturated carbocycles. The number of hydrogen-bond donors (Lipinski definition) is 2. The van der Waals surface area contributed by atoms with Crippen molar-refractivity contribution in [1.82, 2.24) is 10.2 Å². The van der Waals surface area contributed by atoms with Gasteiger partial charge in [0.25, 0.3) is 0 Å². The Morgan fingerprint density at radius 3 is 2.46 bits per heavy atom. The summed E-state index contributed by atoms with van der Waals surface area (Å²) in [7, 11) is 1.80. The van der Waals surface area contributed by atoms with Crippen LogP contribution in [0.1, 0.15) is 35.6 Å². The Morgan fingerprint density at radius 1 is 1.12 bits per heavy atom. The monoisotopic (exact) mass is 326 g/mol. The molecule has 0 aliphatic heterocycles. The quantitative estimate of drug-likeness (QED) is 0.816. The van der Waals surface area contributed by atoms with Gasteiger partial charge in [-0.05, 0) is 36.5 Å². The fourth-order valence-corrected chi connectivity index (χ4v) is 2.68. The van der Waals surface area contributed by atoms with Gasteiger partial charge in [0.1, 0.15) is 0 Å². The summed E-state index contributed by atoms with van der Waals surface area (Å²) >= 11 is 0. The minimum Gasteiger partial charge on any atom is -0.396 e. The molecule has 0 radical (unpaired) electrons. The molecule has 0 saturated heterocycles. The maximum atomic E-state index is 12.6. The van der Waals surface area contributed by atoms with E-state index in [1.54, 1.807) is 11.9 Å². The van der Waals surface area contributed by atoms with Crippen LogP contribution in [0.4, 0.5) is 4.79 Å². The van der Waals surface area contributed by atoms with Crippen LogP contribution in [0.2, 0.25) is 0 Å². The van der Waals surface area contributed by atoms with Gasteiger partial charge >= 0.3 is 6.03 Å². The average Bonchev–Trinajstić information content (AvgIpc) is 2.61. The lowest BCUT2D eigenvalue weighted by Crippen LogP contribution is -2.39. The topological polar surface area (TPSA) is 52.6 Å². The number of aliphatic hydroxyl groups is 1. The fraction of sp³-hybridized carbons (Fsp3) is 0.350. The van der Waals surface area contributed by atoms with Crippen molar-refractivity contribution in [3.63, 3.8) is 0 Å². The van der Waals surface area contributed by atoms with Crippen LogP contribution in [0.5, 0.6) is 0 Å². The summed E-state index contributed by atoms with van der Waals surface area (Å²) in [5.41, 5.74) is 3.38. The second kappa shape index (κ2) is 9.08. The summed E-state index contributed by atoms with van der Waals surface area (Å²) in [4.78, 5) is 14.2. The Bertz CT molecular complexity index is 643. The van der Waals surface area contributed by atoms with E-state index in [-0.39, 0.29) is 18.7 Å². The normalized spacial score (nSPS) is 11.8. The summed E-state index contributed by atoms with van der Waals surface area (Å²) < 4.78 is 0. The highest BCUT2D eigenvalue weighted by Gasteiger charge is 2.17. The summed E-state index contributed by atoms with van der Waals surface area (Å²) in [6.45, 7) is 2.74. The molecule has 2 N–H and O–H groups in total. The smallest absolute Gasteiger partial charge is 0.317 e. The number of urea groups is 1. The van der Waals surface area contributed by atoms with Crippen molar-refractivity contribution in [2.24, 2.45) is 0 Å². The number of amides is 2. The van der Waals surface area contributed by atoms with Gasteiger partial charge < -0.3 is 15.3 Å². The second-order valence-corrected chi connectivity index (χ2v) is 6.06. The minimum absolute atomic E-state index is 0.0924. The molecule has 0 fully saturated rings. The maximum absolute atomic E-state index is 12.6. The number of carbonyl (C=O) groups excluding carboxylic acids is 1. The van der Waals surface area contributed by atoms with Crippen molar-refractivity contribution in [1.29, 1.82) is 0 Å². The first-order chi connectivity index (χ1) is 11.6. The van der Waals surface area contributed by atoms with Crippen molar-refractivity contribution in [3.05, 3.63) is 71.3 Å². The zero-order chi connectivity index (χ0) is 17.4. The van der Waals surface area contributed by atoms with Gasteiger partial charge in [-0.1, -0.05) is 54.6 Å². The van der Waals surface area contributed by atoms with E-state index in [0.29, 0.717) is 19.4 Å². The van der Waals surface area contributed by atoms with Crippen LogP contribution in [-0.2, 0) is 6.54 Å². The minimum atomic E-state index is -0.106. The Labute approximate surface area is 144 Å². The van der Waals surface area contributed by atoms with Gasteiger partial charge in [-0.25, -0.2) is 4.79 Å². The van der Waals surface area contributed by atoms with E-state index in [2.05, 4.69) is 18.3 Å². The number of aryl methyl sites for hydroxylation is 1. The molecule has 0 spiro atoms. The van der Waals surface area contributed by atoms with Crippen LogP contribution in [0.25, 0.3) is 0 Å². The third kappa shape index (κ3) is 5.10. The predicted octanol–water partition coefficient (Wildman–Crippen LogP) is 3.65. The van der Waals surface area contributed by atoms with E-state index in [9.17, 15) is 4.79 Å². The predicted molar refractivity (Wildman–Crippen MR) is 96.7 cm³/mol. The first-order valence-electron chi connectivity index (χ1n) is 8.33. The average molecular weight is 326 g/mol. The number of rotatable bonds is 7. The lowest BCUT2D eigenvalue weighted by Gasteiger charge is -2.24. The molecule has 1 atom stereocenters. The molecule has 0 aromatic heterocycles. The summed E-state index contributed by atoms with van der Waals surface area (Å²) in [6, 6.07) is 17.8. The van der Waals surface area contributed by atoms with E-state index in [0.717, 1.165) is 11.1 Å². The van der Waals surface area contributed by atoms with Gasteiger partial charge in [0.15, 0.2) is 0 Å². The highest BCUT2D eigenvalue weighted by molar-refractivity contribution is 5.74. The second-order valence-electron chi connectivity index (χ2n) is 6.06. The Kier molecular flexibility index (Phi) is 6.82. The summed E-state index contributed by atoms with van der Waals surface area (Å²) in [5.74, 6) is 0. The molecular weight excluding hydrogens is 300 g/mol. The summed E-state index contributed by atoms with van der Waals surface area (Å²) in [6.07, 6.45) is 1.37. The van der Waals surface area contributed by atoms with Crippen LogP contribution in [0, 0.1) is 6.92 Å². The Morgan fingerprint density at radius 2 is 1.79 bits per heavy atom. The first-order valence-corrected chi connectivity index (χ1v) is 8.33. The Balaban J connectivity index is 2.02. The van der Waals surface area contributed by atoms with Gasteiger partial charge in [-0.2, -0.15) is 0 Å². The SMILES string of the molecule is Cc1ccccc1CN(C)C(=O)NC(CCCO)c1ccccc1. The third-order valence-electron chi connectivity index (χ3n) is 4.17. The lowest BCUT2D eigenvalue weighted by molar-refractivity contribution is 0.200. The maximum Gasteiger partial charge on any atom is 0.317 e. The molecule has 4 heteroatoms. The molecule has 128 valence electrons. The van der Waals surface area contributed by atoms with Crippen LogP contribution < -0.4 is 5.32 Å². The Hall–Kier alpha value is -2.33. The lowest BCUT2D eigenvalue weighted by atomic mass is 10.0. The molecular formula is C20H26N2O2. The molecule has 0 aliphatic carbocycles. The highest BCUT2D eigenvalue weighted by atomic mass is 16.3. The molecule has 4 nitrogen and oxygen atoms in total. The summed E-state index contributed by atoms with van der Waals surface area (Å²) in [5, 5.41) is 12.2. The first kappa shape index (κ1) is 18.0. The zero-order valence-corrected chi connectivity index (χ0v) is 14.4. The van der Waals surface area contributed by atoms with E-state index in [4.69, 9.17) is 5.11 Å². The van der Waals surface area contributed by atoms with Crippen molar-refractivity contribution in [2.45, 2.75) is 32.4 Å². The number of hydrogen-bond acceptors (Lipinski definition) is 2. The fourth-order valence-electron chi connectivity index (χ4n) is 2.68. The highest BCUT2D eigenvalue weighted by Crippen LogP contribution is 2.19. The largest absolute Gasteiger partial charge is 0.396 e. The van der Waals surface area contributed by atoms with Crippen LogP contribution in [-0.4, -0.2) is 29.7 Å². The van der Waals surface area contributed by atoms with Gasteiger partial charge in [-0.15, -0.1) is 0 Å². The number of aliphatic hydroxyl groups excluding tert-OH is 1. The van der Waals surface area contributed by atoms with Gasteiger partial charge in [0, 0.05) is 20.2 Å². The van der Waals surface area contributed by atoms with Crippen molar-refractivity contribution in [2.75, 3.05) is 13.7 Å². The van der Waals surface area contributed by atoms with Crippen LogP contribution >= 0.6 is 0 Å². The standard InChI is InChI=1S/C20H26N2O2/c1-16-9-6-7-12-18(16)15-22(2)20(24)21-19(13-8-14-23)17-10-4-3-5-11-17/h3-7,9-12,19,23H,8,13-15H2,1-2H3,(H,21,24). The van der Waals surface area contributed by atoms with E-state index < -0.39 is 0 Å². The number of benzene rings is 2. The molecule has 1 unspecified atom stereocenters. The van der Waals surface area contributed by atoms with Crippen molar-refractivity contribution < 1.29 is 9.90 Å². The van der Waals surface area contributed by atoms with E-state index in [1.165, 1.54) is 5.56 Å². The molecule has 24 heavy (non-hydrogen) atoms. The van der Waals surface area contributed by atoms with Crippen molar-refractivity contribution in [3.8, 4) is 0 Å². The molecule has 2 amide bonds. The molecule has 0 bridgehead atoms.